The van der Waals surface area contributed by atoms with Crippen molar-refractivity contribution < 1.29 is 0 Å². The normalized spacial score (nSPS) is 37.2. The highest BCUT2D eigenvalue weighted by Crippen LogP contribution is 2.59. The van der Waals surface area contributed by atoms with Gasteiger partial charge in [0.25, 0.3) is 0 Å². The monoisotopic (exact) mass is 299 g/mol. The van der Waals surface area contributed by atoms with Gasteiger partial charge in [0.15, 0.2) is 0 Å². The Morgan fingerprint density at radius 2 is 1.81 bits per heavy atom. The number of nitrogens with zero attached hydrogens (tertiary/aromatic N) is 2. The summed E-state index contributed by atoms with van der Waals surface area (Å²) in [5, 5.41) is 5.80. The summed E-state index contributed by atoms with van der Waals surface area (Å²) < 4.78 is 1.21. The van der Waals surface area contributed by atoms with Crippen LogP contribution < -0.4 is 5.32 Å². The molecule has 4 heteroatoms. The first-order chi connectivity index (χ1) is 10.3. The molecule has 1 N–H and O–H groups in total. The summed E-state index contributed by atoms with van der Waals surface area (Å²) in [6.45, 7) is 1.11. The van der Waals surface area contributed by atoms with Crippen molar-refractivity contribution >= 4 is 27.4 Å². The summed E-state index contributed by atoms with van der Waals surface area (Å²) in [6, 6.07) is 2.08. The first kappa shape index (κ1) is 12.4. The van der Waals surface area contributed by atoms with Gasteiger partial charge in [0, 0.05) is 6.54 Å². The fraction of sp³-hybridized carbons (Fsp3) is 0.647. The summed E-state index contributed by atoms with van der Waals surface area (Å²) >= 11 is 1.74. The summed E-state index contributed by atoms with van der Waals surface area (Å²) in [7, 11) is 0. The number of hydrogen-bond donors (Lipinski definition) is 1. The second-order valence-electron chi connectivity index (χ2n) is 7.63. The molecule has 4 aliphatic rings. The lowest BCUT2D eigenvalue weighted by molar-refractivity contribution is -0.0444. The van der Waals surface area contributed by atoms with Gasteiger partial charge in [0.2, 0.25) is 0 Å². The zero-order valence-electron chi connectivity index (χ0n) is 12.2. The Morgan fingerprint density at radius 3 is 2.52 bits per heavy atom. The van der Waals surface area contributed by atoms with Crippen LogP contribution in [0, 0.1) is 23.2 Å². The number of rotatable bonds is 3. The first-order valence-corrected chi connectivity index (χ1v) is 9.10. The molecular weight excluding hydrogens is 278 g/mol. The molecule has 110 valence electrons. The number of hydrogen-bond acceptors (Lipinski definition) is 4. The van der Waals surface area contributed by atoms with E-state index in [1.54, 1.807) is 17.7 Å². The van der Waals surface area contributed by atoms with Crippen molar-refractivity contribution in [2.45, 2.75) is 38.5 Å². The third kappa shape index (κ3) is 1.99. The van der Waals surface area contributed by atoms with E-state index in [0.717, 1.165) is 35.6 Å². The van der Waals surface area contributed by atoms with Crippen LogP contribution >= 0.6 is 11.3 Å². The molecule has 4 fully saturated rings. The first-order valence-electron chi connectivity index (χ1n) is 8.22. The van der Waals surface area contributed by atoms with Crippen molar-refractivity contribution in [2.75, 3.05) is 11.9 Å². The molecule has 0 spiro atoms. The average molecular weight is 299 g/mol. The SMILES string of the molecule is c1nc(NCC23CC4CC(CC(C4)C2)C3)c2sccc2n1. The third-order valence-electron chi connectivity index (χ3n) is 6.04. The topological polar surface area (TPSA) is 37.8 Å². The zero-order valence-corrected chi connectivity index (χ0v) is 13.0. The Morgan fingerprint density at radius 1 is 1.10 bits per heavy atom. The molecule has 2 heterocycles. The van der Waals surface area contributed by atoms with Crippen LogP contribution in [0.1, 0.15) is 38.5 Å². The van der Waals surface area contributed by atoms with Gasteiger partial charge >= 0.3 is 0 Å². The molecule has 0 amide bonds. The maximum Gasteiger partial charge on any atom is 0.147 e. The lowest BCUT2D eigenvalue weighted by Gasteiger charge is -2.57. The van der Waals surface area contributed by atoms with E-state index in [0.29, 0.717) is 5.41 Å². The van der Waals surface area contributed by atoms with E-state index in [1.165, 1.54) is 43.2 Å². The smallest absolute Gasteiger partial charge is 0.147 e. The van der Waals surface area contributed by atoms with Crippen molar-refractivity contribution in [1.29, 1.82) is 0 Å². The van der Waals surface area contributed by atoms with E-state index in [1.807, 2.05) is 0 Å². The Hall–Kier alpha value is -1.16. The molecule has 4 aliphatic carbocycles. The molecule has 21 heavy (non-hydrogen) atoms. The molecule has 2 aromatic rings. The van der Waals surface area contributed by atoms with E-state index in [-0.39, 0.29) is 0 Å². The molecule has 0 aromatic carbocycles. The van der Waals surface area contributed by atoms with Crippen LogP contribution in [0.15, 0.2) is 17.8 Å². The van der Waals surface area contributed by atoms with Crippen LogP contribution in [0.25, 0.3) is 10.2 Å². The number of fused-ring (bicyclic) bond motifs is 1. The number of nitrogens with one attached hydrogen (secondary N) is 1. The maximum atomic E-state index is 4.48. The highest BCUT2D eigenvalue weighted by atomic mass is 32.1. The Balaban J connectivity index is 1.39. The lowest BCUT2D eigenvalue weighted by atomic mass is 9.49. The summed E-state index contributed by atoms with van der Waals surface area (Å²) in [5.41, 5.74) is 1.63. The average Bonchev–Trinajstić information content (AvgIpc) is 2.92. The fourth-order valence-corrected chi connectivity index (χ4v) is 6.50. The van der Waals surface area contributed by atoms with Crippen LogP contribution in [0.3, 0.4) is 0 Å². The van der Waals surface area contributed by atoms with E-state index < -0.39 is 0 Å². The standard InChI is InChI=1S/C17H21N3S/c1-2-21-15-14(1)19-10-20-16(15)18-9-17-6-11-3-12(7-17)5-13(4-11)8-17/h1-2,10-13H,3-9H2,(H,18,19,20). The van der Waals surface area contributed by atoms with Gasteiger partial charge in [-0.3, -0.25) is 0 Å². The molecule has 0 unspecified atom stereocenters. The van der Waals surface area contributed by atoms with Gasteiger partial charge in [-0.25, -0.2) is 9.97 Å². The maximum absolute atomic E-state index is 4.48. The van der Waals surface area contributed by atoms with Gasteiger partial charge in [0.1, 0.15) is 12.1 Å². The Kier molecular flexibility index (Phi) is 2.61. The fourth-order valence-electron chi connectivity index (χ4n) is 5.69. The minimum atomic E-state index is 0.559. The molecule has 6 rings (SSSR count). The summed E-state index contributed by atoms with van der Waals surface area (Å²) in [4.78, 5) is 8.82. The second-order valence-corrected chi connectivity index (χ2v) is 8.54. The van der Waals surface area contributed by atoms with Gasteiger partial charge in [-0.05, 0) is 73.1 Å². The van der Waals surface area contributed by atoms with Gasteiger partial charge in [0.05, 0.1) is 10.2 Å². The van der Waals surface area contributed by atoms with E-state index in [2.05, 4.69) is 26.7 Å². The highest BCUT2D eigenvalue weighted by Gasteiger charge is 2.50. The molecule has 3 nitrogen and oxygen atoms in total. The van der Waals surface area contributed by atoms with E-state index >= 15 is 0 Å². The highest BCUT2D eigenvalue weighted by molar-refractivity contribution is 7.17. The number of anilines is 1. The van der Waals surface area contributed by atoms with Crippen LogP contribution in [-0.2, 0) is 0 Å². The van der Waals surface area contributed by atoms with Gasteiger partial charge in [-0.15, -0.1) is 11.3 Å². The van der Waals surface area contributed by atoms with Crippen molar-refractivity contribution in [2.24, 2.45) is 23.2 Å². The van der Waals surface area contributed by atoms with Gasteiger partial charge in [-0.2, -0.15) is 0 Å². The molecule has 0 aliphatic heterocycles. The van der Waals surface area contributed by atoms with Crippen LogP contribution in [0.5, 0.6) is 0 Å². The van der Waals surface area contributed by atoms with Gasteiger partial charge in [-0.1, -0.05) is 0 Å². The molecule has 2 aromatic heterocycles. The largest absolute Gasteiger partial charge is 0.368 e. The third-order valence-corrected chi connectivity index (χ3v) is 6.95. The predicted octanol–water partition coefficient (Wildman–Crippen LogP) is 4.32. The van der Waals surface area contributed by atoms with Crippen molar-refractivity contribution in [3.8, 4) is 0 Å². The quantitative estimate of drug-likeness (QED) is 0.917. The van der Waals surface area contributed by atoms with Crippen molar-refractivity contribution in [3.05, 3.63) is 17.8 Å². The predicted molar refractivity (Wildman–Crippen MR) is 86.5 cm³/mol. The summed E-state index contributed by atoms with van der Waals surface area (Å²) in [5.74, 6) is 4.10. The van der Waals surface area contributed by atoms with Crippen LogP contribution in [-0.4, -0.2) is 16.5 Å². The molecule has 0 atom stereocenters. The number of aromatic nitrogens is 2. The number of thiophene rings is 1. The molecule has 4 bridgehead atoms. The lowest BCUT2D eigenvalue weighted by Crippen LogP contribution is -2.49. The van der Waals surface area contributed by atoms with Crippen molar-refractivity contribution in [3.63, 3.8) is 0 Å². The molecule has 0 saturated heterocycles. The molecule has 4 saturated carbocycles. The Labute approximate surface area is 129 Å². The van der Waals surface area contributed by atoms with Gasteiger partial charge < -0.3 is 5.32 Å². The summed E-state index contributed by atoms with van der Waals surface area (Å²) in [6.07, 6.45) is 10.6. The van der Waals surface area contributed by atoms with Crippen molar-refractivity contribution in [1.82, 2.24) is 9.97 Å². The minimum absolute atomic E-state index is 0.559. The molecular formula is C17H21N3S. The minimum Gasteiger partial charge on any atom is -0.368 e. The molecule has 0 radical (unpaired) electrons. The van der Waals surface area contributed by atoms with E-state index in [9.17, 15) is 0 Å². The van der Waals surface area contributed by atoms with Crippen LogP contribution in [0.4, 0.5) is 5.82 Å². The Bertz CT molecular complexity index is 642. The zero-order chi connectivity index (χ0) is 13.9. The second kappa shape index (κ2) is 4.42. The van der Waals surface area contributed by atoms with Crippen LogP contribution in [0.2, 0.25) is 0 Å². The van der Waals surface area contributed by atoms with E-state index in [4.69, 9.17) is 0 Å².